The first kappa shape index (κ1) is 46.1. The van der Waals surface area contributed by atoms with Crippen molar-refractivity contribution in [2.45, 2.75) is 90.1 Å². The van der Waals surface area contributed by atoms with Crippen LogP contribution in [0.1, 0.15) is 126 Å². The van der Waals surface area contributed by atoms with E-state index in [2.05, 4.69) is 89.7 Å². The van der Waals surface area contributed by atoms with Crippen molar-refractivity contribution >= 4 is 17.5 Å². The Bertz CT molecular complexity index is 2090. The summed E-state index contributed by atoms with van der Waals surface area (Å²) in [7, 11) is 0. The molecule has 330 valence electrons. The van der Waals surface area contributed by atoms with Crippen LogP contribution in [0.4, 0.5) is 0 Å². The van der Waals surface area contributed by atoms with Crippen molar-refractivity contribution < 1.29 is 14.3 Å². The van der Waals surface area contributed by atoms with Crippen molar-refractivity contribution in [3.8, 4) is 5.75 Å². The molecular weight excluding hydrogens is 769 g/mol. The summed E-state index contributed by atoms with van der Waals surface area (Å²) in [4.78, 5) is 34.2. The molecule has 62 heavy (non-hydrogen) atoms. The lowest BCUT2D eigenvalue weighted by atomic mass is 9.88. The van der Waals surface area contributed by atoms with E-state index in [0.717, 1.165) is 119 Å². The Kier molecular flexibility index (Phi) is 17.2. The predicted molar refractivity (Wildman–Crippen MR) is 254 cm³/mol. The maximum atomic E-state index is 13.0. The van der Waals surface area contributed by atoms with E-state index in [-0.39, 0.29) is 11.8 Å². The molecule has 2 amide bonds. The largest absolute Gasteiger partial charge is 0.487 e. The van der Waals surface area contributed by atoms with Gasteiger partial charge in [0.25, 0.3) is 11.8 Å². The van der Waals surface area contributed by atoms with Crippen molar-refractivity contribution in [3.63, 3.8) is 0 Å². The lowest BCUT2D eigenvalue weighted by molar-refractivity contribution is 0.0713. The minimum Gasteiger partial charge on any atom is -0.487 e. The van der Waals surface area contributed by atoms with Gasteiger partial charge in [0.2, 0.25) is 0 Å². The predicted octanol–water partition coefficient (Wildman–Crippen LogP) is 9.41. The number of ether oxygens (including phenoxy) is 1. The van der Waals surface area contributed by atoms with Gasteiger partial charge in [0, 0.05) is 93.5 Å². The van der Waals surface area contributed by atoms with Gasteiger partial charge in [-0.2, -0.15) is 0 Å². The molecule has 0 saturated carbocycles. The van der Waals surface area contributed by atoms with Crippen LogP contribution >= 0.6 is 0 Å². The Labute approximate surface area is 371 Å². The van der Waals surface area contributed by atoms with Crippen LogP contribution in [-0.2, 0) is 13.1 Å². The average Bonchev–Trinajstić information content (AvgIpc) is 4.11. The second-order valence-corrected chi connectivity index (χ2v) is 16.8. The number of benzene rings is 4. The number of nitrogens with two attached hydrogens (primary N) is 2. The highest BCUT2D eigenvalue weighted by molar-refractivity contribution is 5.99. The minimum atomic E-state index is 0.0234. The van der Waals surface area contributed by atoms with E-state index in [1.165, 1.54) is 29.5 Å². The quantitative estimate of drug-likeness (QED) is 0.146. The minimum absolute atomic E-state index is 0.0234. The van der Waals surface area contributed by atoms with Crippen molar-refractivity contribution in [1.29, 1.82) is 0 Å². The number of piperidine rings is 2. The summed E-state index contributed by atoms with van der Waals surface area (Å²) in [5.74, 6) is 2.01. The summed E-state index contributed by atoms with van der Waals surface area (Å²) >= 11 is 0. The molecule has 4 aliphatic rings. The molecule has 0 bridgehead atoms. The molecule has 9 heteroatoms. The third-order valence-electron chi connectivity index (χ3n) is 12.9. The molecule has 4 fully saturated rings. The van der Waals surface area contributed by atoms with Gasteiger partial charge in [-0.3, -0.25) is 9.59 Å². The van der Waals surface area contributed by atoms with Gasteiger partial charge >= 0.3 is 0 Å². The second kappa shape index (κ2) is 23.2. The monoisotopic (exact) mass is 839 g/mol. The molecule has 9 nitrogen and oxygen atoms in total. The molecule has 4 aliphatic heterocycles. The molecule has 0 spiro atoms. The zero-order valence-electron chi connectivity index (χ0n) is 37.4. The van der Waals surface area contributed by atoms with Gasteiger partial charge in [-0.25, -0.2) is 0 Å². The molecule has 4 N–H and O–H groups in total. The second-order valence-electron chi connectivity index (χ2n) is 16.8. The zero-order valence-corrected chi connectivity index (χ0v) is 37.4. The molecular formula is C53H70N6O3. The number of amides is 2. The summed E-state index contributed by atoms with van der Waals surface area (Å²) in [5, 5.41) is 0. The normalized spacial score (nSPS) is 16.8. The number of carbonyl (C=O) groups excluding carboxylic acids is 2. The summed E-state index contributed by atoms with van der Waals surface area (Å²) in [5.41, 5.74) is 21.2. The van der Waals surface area contributed by atoms with Gasteiger partial charge in [-0.05, 0) is 116 Å². The van der Waals surface area contributed by atoms with Gasteiger partial charge in [0.15, 0.2) is 0 Å². The molecule has 4 saturated heterocycles. The third kappa shape index (κ3) is 12.2. The van der Waals surface area contributed by atoms with Crippen LogP contribution in [0.25, 0.3) is 5.70 Å². The van der Waals surface area contributed by atoms with Crippen molar-refractivity contribution in [1.82, 2.24) is 19.6 Å². The highest BCUT2D eigenvalue weighted by atomic mass is 16.5. The first-order chi connectivity index (χ1) is 30.3. The van der Waals surface area contributed by atoms with Crippen LogP contribution in [0.2, 0.25) is 0 Å². The van der Waals surface area contributed by atoms with Crippen LogP contribution in [0.3, 0.4) is 0 Å². The Morgan fingerprint density at radius 3 is 1.50 bits per heavy atom. The summed E-state index contributed by atoms with van der Waals surface area (Å²) < 4.78 is 6.04. The third-order valence-corrected chi connectivity index (χ3v) is 12.9. The fourth-order valence-corrected chi connectivity index (χ4v) is 9.16. The maximum absolute atomic E-state index is 13.0. The van der Waals surface area contributed by atoms with E-state index in [1.54, 1.807) is 6.07 Å². The van der Waals surface area contributed by atoms with E-state index in [4.69, 9.17) is 16.2 Å². The van der Waals surface area contributed by atoms with Crippen molar-refractivity contribution in [2.75, 3.05) is 59.0 Å². The number of hydrogen-bond donors (Lipinski definition) is 2. The van der Waals surface area contributed by atoms with Crippen LogP contribution in [-0.4, -0.2) is 90.4 Å². The average molecular weight is 839 g/mol. The molecule has 8 rings (SSSR count). The van der Waals surface area contributed by atoms with E-state index >= 15 is 0 Å². The summed E-state index contributed by atoms with van der Waals surface area (Å²) in [6.45, 7) is 21.6. The van der Waals surface area contributed by atoms with Crippen molar-refractivity contribution in [2.24, 2.45) is 11.5 Å². The van der Waals surface area contributed by atoms with Gasteiger partial charge in [-0.15, -0.1) is 0 Å². The molecule has 0 aliphatic carbocycles. The molecule has 4 aromatic rings. The molecule has 0 aromatic heterocycles. The van der Waals surface area contributed by atoms with E-state index in [0.29, 0.717) is 42.7 Å². The first-order valence-corrected chi connectivity index (χ1v) is 23.2. The van der Waals surface area contributed by atoms with E-state index in [9.17, 15) is 9.59 Å². The topological polar surface area (TPSA) is 108 Å². The SMILES string of the molecule is C=C(COc1cccc(C(=C)N2CCC(c3cccc(CN)c3)CC2)c1)N1CCCC1.CC.NCc1cccc(C2CCN(C(=O)c3cccc(C(=O)N4CCCC4)c3)CC2)c1. The first-order valence-electron chi connectivity index (χ1n) is 23.2. The molecule has 0 atom stereocenters. The zero-order chi connectivity index (χ0) is 43.8. The molecule has 4 aromatic carbocycles. The van der Waals surface area contributed by atoms with E-state index < -0.39 is 0 Å². The Morgan fingerprint density at radius 2 is 0.984 bits per heavy atom. The number of rotatable bonds is 12. The van der Waals surface area contributed by atoms with Crippen molar-refractivity contribution in [3.05, 3.63) is 155 Å². The molecule has 0 unspecified atom stereocenters. The Hall–Kier alpha value is -5.38. The highest BCUT2D eigenvalue weighted by Gasteiger charge is 2.27. The number of nitrogens with zero attached hydrogens (tertiary/aromatic N) is 4. The molecule has 0 radical (unpaired) electrons. The number of carbonyl (C=O) groups is 2. The lowest BCUT2D eigenvalue weighted by Crippen LogP contribution is -2.38. The van der Waals surface area contributed by atoms with Gasteiger partial charge < -0.3 is 35.8 Å². The maximum Gasteiger partial charge on any atom is 0.253 e. The fourth-order valence-electron chi connectivity index (χ4n) is 9.16. The van der Waals surface area contributed by atoms with Crippen LogP contribution in [0.5, 0.6) is 5.75 Å². The van der Waals surface area contributed by atoms with E-state index in [1.807, 2.05) is 47.9 Å². The molecule has 4 heterocycles. The van der Waals surface area contributed by atoms with Crippen LogP contribution in [0.15, 0.2) is 116 Å². The van der Waals surface area contributed by atoms with Crippen LogP contribution < -0.4 is 16.2 Å². The fraction of sp³-hybridized carbons (Fsp3) is 0.434. The number of likely N-dealkylation sites (tertiary alicyclic amines) is 4. The smallest absolute Gasteiger partial charge is 0.253 e. The Balaban J connectivity index is 0.000000199. The number of hydrogen-bond acceptors (Lipinski definition) is 7. The van der Waals surface area contributed by atoms with Crippen LogP contribution in [0, 0.1) is 0 Å². The van der Waals surface area contributed by atoms with Gasteiger partial charge in [-0.1, -0.05) is 93.7 Å². The lowest BCUT2D eigenvalue weighted by Gasteiger charge is -2.35. The van der Waals surface area contributed by atoms with Gasteiger partial charge in [0.05, 0.1) is 0 Å². The Morgan fingerprint density at radius 1 is 0.548 bits per heavy atom. The summed E-state index contributed by atoms with van der Waals surface area (Å²) in [6.07, 6.45) is 8.81. The van der Waals surface area contributed by atoms with Gasteiger partial charge in [0.1, 0.15) is 12.4 Å². The highest BCUT2D eigenvalue weighted by Crippen LogP contribution is 2.33. The summed E-state index contributed by atoms with van der Waals surface area (Å²) in [6, 6.07) is 32.7. The standard InChI is InChI=1S/C27H35N3O.C24H29N3O2.C2H6/c1-21(29-13-3-4-14-29)20-31-27-10-6-8-25(18-27)22(2)30-15-11-24(12-16-30)26-9-5-7-23(17-26)19-28;25-17-18-5-3-6-20(15-18)19-9-13-27(14-10-19)24(29)22-8-4-7-21(16-22)23(28)26-11-1-2-12-26;1-2/h5-10,17-18,24H,1-4,11-16,19-20,28H2;3-8,15-16,19H,1-2,9-14,17,25H2;1-2H3.